The van der Waals surface area contributed by atoms with Crippen molar-refractivity contribution in [2.24, 2.45) is 5.92 Å². The number of likely N-dealkylation sites (tertiary alicyclic amines) is 1. The molecule has 0 aromatic heterocycles. The summed E-state index contributed by atoms with van der Waals surface area (Å²) in [5.74, 6) is 0.630. The third-order valence-electron chi connectivity index (χ3n) is 3.28. The highest BCUT2D eigenvalue weighted by Crippen LogP contribution is 2.17. The Hall–Kier alpha value is -0.770. The lowest BCUT2D eigenvalue weighted by molar-refractivity contribution is 0.0453. The number of rotatable bonds is 4. The Bertz CT molecular complexity index is 286. The minimum atomic E-state index is -0.424. The average Bonchev–Trinajstić information content (AvgIpc) is 2.22. The van der Waals surface area contributed by atoms with Gasteiger partial charge in [-0.1, -0.05) is 20.3 Å². The number of carbonyl (C=O) groups is 1. The second-order valence-corrected chi connectivity index (χ2v) is 6.80. The van der Waals surface area contributed by atoms with Crippen molar-refractivity contribution in [3.63, 3.8) is 0 Å². The van der Waals surface area contributed by atoms with Crippen LogP contribution in [0.15, 0.2) is 0 Å². The van der Waals surface area contributed by atoms with Crippen LogP contribution in [0.3, 0.4) is 0 Å². The summed E-state index contributed by atoms with van der Waals surface area (Å²) >= 11 is 0. The minimum Gasteiger partial charge on any atom is -0.444 e. The molecule has 2 unspecified atom stereocenters. The molecule has 1 aliphatic rings. The lowest BCUT2D eigenvalue weighted by Crippen LogP contribution is -2.51. The normalized spacial score (nSPS) is 25.1. The topological polar surface area (TPSA) is 41.6 Å². The predicted molar refractivity (Wildman–Crippen MR) is 78.3 cm³/mol. The van der Waals surface area contributed by atoms with E-state index >= 15 is 0 Å². The standard InChI is InChI=1S/C15H30N2O2/c1-6-7-8-17-10-12(2)9-13(11-17)16-14(18)19-15(3,4)5/h12-13H,6-11H2,1-5H3,(H,16,18). The molecule has 4 nitrogen and oxygen atoms in total. The molecule has 1 fully saturated rings. The number of amides is 1. The molecule has 0 aromatic rings. The first-order valence-electron chi connectivity index (χ1n) is 7.52. The summed E-state index contributed by atoms with van der Waals surface area (Å²) in [5, 5.41) is 3.01. The van der Waals surface area contributed by atoms with Gasteiger partial charge in [0, 0.05) is 19.1 Å². The first kappa shape index (κ1) is 16.3. The van der Waals surface area contributed by atoms with Gasteiger partial charge in [-0.25, -0.2) is 4.79 Å². The zero-order valence-electron chi connectivity index (χ0n) is 13.2. The monoisotopic (exact) mass is 270 g/mol. The first-order chi connectivity index (χ1) is 8.80. The highest BCUT2D eigenvalue weighted by atomic mass is 16.6. The van der Waals surface area contributed by atoms with E-state index in [4.69, 9.17) is 4.74 Å². The van der Waals surface area contributed by atoms with Gasteiger partial charge in [0.15, 0.2) is 0 Å². The molecule has 0 aromatic carbocycles. The Balaban J connectivity index is 2.42. The number of carbonyl (C=O) groups excluding carboxylic acids is 1. The van der Waals surface area contributed by atoms with Gasteiger partial charge in [-0.15, -0.1) is 0 Å². The summed E-state index contributed by atoms with van der Waals surface area (Å²) in [6.45, 7) is 13.4. The predicted octanol–water partition coefficient (Wildman–Crippen LogP) is 3.02. The quantitative estimate of drug-likeness (QED) is 0.854. The van der Waals surface area contributed by atoms with E-state index in [1.165, 1.54) is 12.8 Å². The fraction of sp³-hybridized carbons (Fsp3) is 0.933. The molecule has 112 valence electrons. The molecule has 2 atom stereocenters. The van der Waals surface area contributed by atoms with Crippen LogP contribution in [0.2, 0.25) is 0 Å². The van der Waals surface area contributed by atoms with E-state index in [1.54, 1.807) is 0 Å². The van der Waals surface area contributed by atoms with E-state index in [0.717, 1.165) is 26.1 Å². The van der Waals surface area contributed by atoms with Crippen molar-refractivity contribution in [1.29, 1.82) is 0 Å². The van der Waals surface area contributed by atoms with Crippen molar-refractivity contribution in [3.8, 4) is 0 Å². The molecule has 0 radical (unpaired) electrons. The van der Waals surface area contributed by atoms with E-state index in [9.17, 15) is 4.79 Å². The molecule has 1 rings (SSSR count). The zero-order chi connectivity index (χ0) is 14.5. The first-order valence-corrected chi connectivity index (χ1v) is 7.52. The maximum Gasteiger partial charge on any atom is 0.407 e. The molecule has 0 spiro atoms. The lowest BCUT2D eigenvalue weighted by atomic mass is 9.96. The van der Waals surface area contributed by atoms with Crippen LogP contribution in [-0.2, 0) is 4.74 Å². The van der Waals surface area contributed by atoms with Gasteiger partial charge in [0.25, 0.3) is 0 Å². The Labute approximate surface area is 117 Å². The highest BCUT2D eigenvalue weighted by Gasteiger charge is 2.27. The van der Waals surface area contributed by atoms with Crippen LogP contribution in [0.4, 0.5) is 4.79 Å². The van der Waals surface area contributed by atoms with Gasteiger partial charge in [0.2, 0.25) is 0 Å². The summed E-state index contributed by atoms with van der Waals surface area (Å²) in [6.07, 6.45) is 3.20. The SMILES string of the molecule is CCCCN1CC(C)CC(NC(=O)OC(C)(C)C)C1. The molecular weight excluding hydrogens is 240 g/mol. The van der Waals surface area contributed by atoms with Crippen molar-refractivity contribution in [3.05, 3.63) is 0 Å². The van der Waals surface area contributed by atoms with Crippen molar-refractivity contribution < 1.29 is 9.53 Å². The number of piperidine rings is 1. The van der Waals surface area contributed by atoms with Gasteiger partial charge in [0.1, 0.15) is 5.60 Å². The molecule has 0 aliphatic carbocycles. The van der Waals surface area contributed by atoms with E-state index < -0.39 is 5.60 Å². The Kier molecular flexibility index (Phi) is 6.11. The summed E-state index contributed by atoms with van der Waals surface area (Å²) in [5.41, 5.74) is -0.424. The summed E-state index contributed by atoms with van der Waals surface area (Å²) in [7, 11) is 0. The fourth-order valence-electron chi connectivity index (χ4n) is 2.60. The largest absolute Gasteiger partial charge is 0.444 e. The van der Waals surface area contributed by atoms with Crippen LogP contribution in [-0.4, -0.2) is 42.3 Å². The Morgan fingerprint density at radius 1 is 1.37 bits per heavy atom. The van der Waals surface area contributed by atoms with Gasteiger partial charge < -0.3 is 15.0 Å². The van der Waals surface area contributed by atoms with Crippen molar-refractivity contribution in [2.45, 2.75) is 65.5 Å². The number of nitrogens with zero attached hydrogens (tertiary/aromatic N) is 1. The Morgan fingerprint density at radius 2 is 2.05 bits per heavy atom. The van der Waals surface area contributed by atoms with Gasteiger partial charge in [0.05, 0.1) is 0 Å². The van der Waals surface area contributed by atoms with Crippen molar-refractivity contribution >= 4 is 6.09 Å². The second kappa shape index (κ2) is 7.13. The van der Waals surface area contributed by atoms with Crippen molar-refractivity contribution in [2.75, 3.05) is 19.6 Å². The van der Waals surface area contributed by atoms with E-state index in [2.05, 4.69) is 24.1 Å². The number of unbranched alkanes of at least 4 members (excludes halogenated alkanes) is 1. The van der Waals surface area contributed by atoms with Gasteiger partial charge in [-0.05, 0) is 46.1 Å². The zero-order valence-corrected chi connectivity index (χ0v) is 13.2. The maximum absolute atomic E-state index is 11.8. The molecule has 0 bridgehead atoms. The van der Waals surface area contributed by atoms with Gasteiger partial charge >= 0.3 is 6.09 Å². The van der Waals surface area contributed by atoms with Crippen LogP contribution < -0.4 is 5.32 Å². The number of alkyl carbamates (subject to hydrolysis) is 1. The molecule has 1 saturated heterocycles. The third kappa shape index (κ3) is 6.81. The van der Waals surface area contributed by atoms with Crippen LogP contribution in [0.5, 0.6) is 0 Å². The Morgan fingerprint density at radius 3 is 2.63 bits per heavy atom. The van der Waals surface area contributed by atoms with E-state index in [0.29, 0.717) is 5.92 Å². The average molecular weight is 270 g/mol. The lowest BCUT2D eigenvalue weighted by Gasteiger charge is -2.37. The number of hydrogen-bond donors (Lipinski definition) is 1. The highest BCUT2D eigenvalue weighted by molar-refractivity contribution is 5.68. The third-order valence-corrected chi connectivity index (χ3v) is 3.28. The van der Waals surface area contributed by atoms with Gasteiger partial charge in [-0.3, -0.25) is 0 Å². The smallest absolute Gasteiger partial charge is 0.407 e. The molecule has 1 aliphatic heterocycles. The second-order valence-electron chi connectivity index (χ2n) is 6.80. The molecule has 19 heavy (non-hydrogen) atoms. The summed E-state index contributed by atoms with van der Waals surface area (Å²) < 4.78 is 5.32. The van der Waals surface area contributed by atoms with E-state index in [1.807, 2.05) is 20.8 Å². The molecule has 4 heteroatoms. The fourth-order valence-corrected chi connectivity index (χ4v) is 2.60. The number of hydrogen-bond acceptors (Lipinski definition) is 3. The number of nitrogens with one attached hydrogen (secondary N) is 1. The minimum absolute atomic E-state index is 0.218. The summed E-state index contributed by atoms with van der Waals surface area (Å²) in [6, 6.07) is 0.218. The molecule has 1 amide bonds. The number of ether oxygens (including phenoxy) is 1. The van der Waals surface area contributed by atoms with Gasteiger partial charge in [-0.2, -0.15) is 0 Å². The van der Waals surface area contributed by atoms with Crippen LogP contribution >= 0.6 is 0 Å². The molecule has 0 saturated carbocycles. The summed E-state index contributed by atoms with van der Waals surface area (Å²) in [4.78, 5) is 14.3. The maximum atomic E-state index is 11.8. The van der Waals surface area contributed by atoms with Crippen molar-refractivity contribution in [1.82, 2.24) is 10.2 Å². The van der Waals surface area contributed by atoms with E-state index in [-0.39, 0.29) is 12.1 Å². The van der Waals surface area contributed by atoms with Crippen LogP contribution in [0.25, 0.3) is 0 Å². The molecule has 1 N–H and O–H groups in total. The van der Waals surface area contributed by atoms with Crippen LogP contribution in [0.1, 0.15) is 53.9 Å². The molecular formula is C15H30N2O2. The van der Waals surface area contributed by atoms with Crippen LogP contribution in [0, 0.1) is 5.92 Å². The molecule has 1 heterocycles.